The molecule has 0 aliphatic carbocycles. The number of nitrogens with zero attached hydrogens (tertiary/aromatic N) is 1. The van der Waals surface area contributed by atoms with Crippen molar-refractivity contribution in [2.24, 2.45) is 11.7 Å². The van der Waals surface area contributed by atoms with Crippen LogP contribution >= 0.6 is 11.6 Å². The van der Waals surface area contributed by atoms with E-state index in [0.717, 1.165) is 11.1 Å². The summed E-state index contributed by atoms with van der Waals surface area (Å²) in [6.45, 7) is 3.96. The van der Waals surface area contributed by atoms with Crippen LogP contribution in [0.1, 0.15) is 23.6 Å². The Balaban J connectivity index is 1.74. The highest BCUT2D eigenvalue weighted by Gasteiger charge is 2.39. The van der Waals surface area contributed by atoms with Crippen LogP contribution in [-0.4, -0.2) is 28.1 Å². The van der Waals surface area contributed by atoms with E-state index < -0.39 is 15.8 Å². The minimum absolute atomic E-state index is 0.0615. The summed E-state index contributed by atoms with van der Waals surface area (Å²) in [5, 5.41) is 0.264. The largest absolute Gasteiger partial charge is 0.496 e. The molecule has 3 aromatic rings. The van der Waals surface area contributed by atoms with Gasteiger partial charge in [0.2, 0.25) is 0 Å². The molecule has 3 aromatic carbocycles. The molecule has 9 heteroatoms. The van der Waals surface area contributed by atoms with E-state index in [9.17, 15) is 12.8 Å². The maximum Gasteiger partial charge on any atom is 0.264 e. The van der Waals surface area contributed by atoms with Crippen molar-refractivity contribution in [2.75, 3.05) is 18.0 Å². The summed E-state index contributed by atoms with van der Waals surface area (Å²) < 4.78 is 54.6. The summed E-state index contributed by atoms with van der Waals surface area (Å²) in [6, 6.07) is 14.1. The molecule has 0 saturated heterocycles. The number of halogens is 2. The molecule has 35 heavy (non-hydrogen) atoms. The highest BCUT2D eigenvalue weighted by Crippen LogP contribution is 2.40. The van der Waals surface area contributed by atoms with Gasteiger partial charge in [-0.25, -0.2) is 12.8 Å². The van der Waals surface area contributed by atoms with Gasteiger partial charge in [0.05, 0.1) is 22.7 Å². The molecule has 1 aliphatic rings. The Morgan fingerprint density at radius 2 is 1.94 bits per heavy atom. The highest BCUT2D eigenvalue weighted by molar-refractivity contribution is 7.92. The van der Waals surface area contributed by atoms with Gasteiger partial charge in [-0.2, -0.15) is 0 Å². The highest BCUT2D eigenvalue weighted by atomic mass is 35.5. The Labute approximate surface area is 210 Å². The number of aryl methyl sites for hydroxylation is 1. The van der Waals surface area contributed by atoms with Crippen LogP contribution in [0.3, 0.4) is 0 Å². The Bertz CT molecular complexity index is 1330. The lowest BCUT2D eigenvalue weighted by Gasteiger charge is -2.41. The second-order valence-corrected chi connectivity index (χ2v) is 10.9. The van der Waals surface area contributed by atoms with Crippen LogP contribution in [0.2, 0.25) is 5.02 Å². The molecule has 186 valence electrons. The summed E-state index contributed by atoms with van der Waals surface area (Å²) in [5.41, 5.74) is 8.44. The van der Waals surface area contributed by atoms with Crippen molar-refractivity contribution in [3.63, 3.8) is 0 Å². The number of nitrogens with two attached hydrogens (primary N) is 1. The first kappa shape index (κ1) is 25.3. The fourth-order valence-electron chi connectivity index (χ4n) is 4.40. The summed E-state index contributed by atoms with van der Waals surface area (Å²) in [7, 11) is -2.45. The summed E-state index contributed by atoms with van der Waals surface area (Å²) in [6.07, 6.45) is 0.635. The lowest BCUT2D eigenvalue weighted by Crippen LogP contribution is -2.49. The normalized spacial score (nSPS) is 17.7. The molecule has 0 aromatic heterocycles. The first-order chi connectivity index (χ1) is 16.7. The summed E-state index contributed by atoms with van der Waals surface area (Å²) >= 11 is 6.12. The Morgan fingerprint density at radius 1 is 1.17 bits per heavy atom. The molecule has 6 nitrogen and oxygen atoms in total. The van der Waals surface area contributed by atoms with Gasteiger partial charge in [0.1, 0.15) is 23.9 Å². The van der Waals surface area contributed by atoms with Crippen molar-refractivity contribution in [3.8, 4) is 11.5 Å². The molecule has 2 atom stereocenters. The third kappa shape index (κ3) is 4.83. The van der Waals surface area contributed by atoms with E-state index in [1.165, 1.54) is 29.6 Å². The van der Waals surface area contributed by atoms with Crippen LogP contribution in [0.4, 0.5) is 10.1 Å². The fraction of sp³-hybridized carbons (Fsp3) is 0.308. The Hall–Kier alpha value is -2.81. The van der Waals surface area contributed by atoms with Crippen LogP contribution in [-0.2, 0) is 23.1 Å². The molecule has 0 spiro atoms. The molecule has 0 radical (unpaired) electrons. The van der Waals surface area contributed by atoms with E-state index >= 15 is 0 Å². The predicted molar refractivity (Wildman–Crippen MR) is 135 cm³/mol. The number of ether oxygens (including phenoxy) is 2. The van der Waals surface area contributed by atoms with Crippen molar-refractivity contribution in [2.45, 2.75) is 37.8 Å². The number of fused-ring (bicyclic) bond motifs is 1. The average Bonchev–Trinajstić information content (AvgIpc) is 2.83. The zero-order valence-electron chi connectivity index (χ0n) is 19.8. The van der Waals surface area contributed by atoms with Gasteiger partial charge in [0, 0.05) is 23.7 Å². The number of hydrogen-bond donors (Lipinski definition) is 1. The minimum atomic E-state index is -3.95. The van der Waals surface area contributed by atoms with Gasteiger partial charge in [-0.1, -0.05) is 29.8 Å². The second-order valence-electron chi connectivity index (χ2n) is 8.65. The number of sulfonamides is 1. The van der Waals surface area contributed by atoms with Crippen LogP contribution in [0.5, 0.6) is 11.5 Å². The van der Waals surface area contributed by atoms with Gasteiger partial charge in [-0.15, -0.1) is 0 Å². The first-order valence-corrected chi connectivity index (χ1v) is 13.1. The SMILES string of the molecule is COc1cc(S(=O)(=O)N2c3cc(OCc4c(F)cccc4Cl)ccc3C[C@@H](CN)[C@H]2C)ccc1C. The lowest BCUT2D eigenvalue weighted by atomic mass is 9.88. The standard InChI is InChI=1S/C26H28ClFN2O4S/c1-16-7-10-21(13-26(16)33-3)35(31,32)30-17(2)19(14-29)11-18-8-9-20(12-25(18)30)34-15-22-23(27)5-4-6-24(22)28/h4-10,12-13,17,19H,11,14-15,29H2,1-3H3/t17-,19+/m1/s1. The minimum Gasteiger partial charge on any atom is -0.496 e. The Kier molecular flexibility index (Phi) is 7.26. The van der Waals surface area contributed by atoms with Crippen LogP contribution in [0.15, 0.2) is 59.5 Å². The van der Waals surface area contributed by atoms with E-state index in [0.29, 0.717) is 30.2 Å². The molecule has 1 aliphatic heterocycles. The molecule has 1 heterocycles. The molecule has 0 fully saturated rings. The van der Waals surface area contributed by atoms with E-state index in [4.69, 9.17) is 26.8 Å². The first-order valence-electron chi connectivity index (χ1n) is 11.2. The van der Waals surface area contributed by atoms with Gasteiger partial charge in [0.25, 0.3) is 10.0 Å². The van der Waals surface area contributed by atoms with Crippen LogP contribution in [0, 0.1) is 18.7 Å². The number of methoxy groups -OCH3 is 1. The third-order valence-electron chi connectivity index (χ3n) is 6.51. The third-order valence-corrected chi connectivity index (χ3v) is 8.76. The molecule has 2 N–H and O–H groups in total. The van der Waals surface area contributed by atoms with Gasteiger partial charge < -0.3 is 15.2 Å². The number of rotatable bonds is 7. The van der Waals surface area contributed by atoms with E-state index in [2.05, 4.69) is 0 Å². The van der Waals surface area contributed by atoms with E-state index in [1.54, 1.807) is 30.3 Å². The zero-order chi connectivity index (χ0) is 25.3. The zero-order valence-corrected chi connectivity index (χ0v) is 21.4. The van der Waals surface area contributed by atoms with E-state index in [1.807, 2.05) is 19.9 Å². The topological polar surface area (TPSA) is 81.9 Å². The Morgan fingerprint density at radius 3 is 2.63 bits per heavy atom. The molecule has 4 rings (SSSR count). The number of benzene rings is 3. The smallest absolute Gasteiger partial charge is 0.264 e. The lowest BCUT2D eigenvalue weighted by molar-refractivity contribution is 0.299. The summed E-state index contributed by atoms with van der Waals surface area (Å²) in [4.78, 5) is 0.125. The van der Waals surface area contributed by atoms with Gasteiger partial charge in [-0.05, 0) is 68.1 Å². The van der Waals surface area contributed by atoms with Gasteiger partial charge in [0.15, 0.2) is 0 Å². The monoisotopic (exact) mass is 518 g/mol. The van der Waals surface area contributed by atoms with Crippen molar-refractivity contribution in [3.05, 3.63) is 82.1 Å². The molecule has 0 unspecified atom stereocenters. The predicted octanol–water partition coefficient (Wildman–Crippen LogP) is 5.09. The second kappa shape index (κ2) is 10.0. The molecular formula is C26H28ClFN2O4S. The molecule has 0 amide bonds. The van der Waals surface area contributed by atoms with E-state index in [-0.39, 0.29) is 34.0 Å². The maximum atomic E-state index is 14.2. The average molecular weight is 519 g/mol. The van der Waals surface area contributed by atoms with Gasteiger partial charge in [-0.3, -0.25) is 4.31 Å². The number of anilines is 1. The van der Waals surface area contributed by atoms with Crippen LogP contribution < -0.4 is 19.5 Å². The van der Waals surface area contributed by atoms with Crippen molar-refractivity contribution >= 4 is 27.3 Å². The van der Waals surface area contributed by atoms with Crippen molar-refractivity contribution < 1.29 is 22.3 Å². The van der Waals surface area contributed by atoms with Crippen molar-refractivity contribution in [1.29, 1.82) is 0 Å². The van der Waals surface area contributed by atoms with Crippen molar-refractivity contribution in [1.82, 2.24) is 0 Å². The quantitative estimate of drug-likeness (QED) is 0.471. The van der Waals surface area contributed by atoms with Crippen LogP contribution in [0.25, 0.3) is 0 Å². The maximum absolute atomic E-state index is 14.2. The molecule has 0 saturated carbocycles. The summed E-state index contributed by atoms with van der Waals surface area (Å²) in [5.74, 6) is 0.370. The fourth-order valence-corrected chi connectivity index (χ4v) is 6.38. The van der Waals surface area contributed by atoms with Gasteiger partial charge >= 0.3 is 0 Å². The molecular weight excluding hydrogens is 491 g/mol. The number of hydrogen-bond acceptors (Lipinski definition) is 5. The molecule has 0 bridgehead atoms.